The minimum atomic E-state index is -1.03. The first-order valence-corrected chi connectivity index (χ1v) is 18.3. The van der Waals surface area contributed by atoms with Crippen LogP contribution in [0.15, 0.2) is 105 Å². The number of anilines is 2. The number of unbranched alkanes of at least 4 members (excludes halogenated alkanes) is 2. The second-order valence-corrected chi connectivity index (χ2v) is 15.0. The molecule has 2 aliphatic carbocycles. The fourth-order valence-corrected chi connectivity index (χ4v) is 9.63. The summed E-state index contributed by atoms with van der Waals surface area (Å²) in [6.45, 7) is 6.05. The predicted molar refractivity (Wildman–Crippen MR) is 179 cm³/mol. The summed E-state index contributed by atoms with van der Waals surface area (Å²) < 4.78 is 0. The quantitative estimate of drug-likeness (QED) is 0.315. The number of nitrogens with zero attached hydrogens (tertiary/aromatic N) is 2. The Morgan fingerprint density at radius 3 is 1.30 bits per heavy atom. The maximum Gasteiger partial charge on any atom is 0.0762 e. The van der Waals surface area contributed by atoms with E-state index < -0.39 is 48.1 Å². The molecule has 0 bridgehead atoms. The second kappa shape index (κ2) is 13.4. The summed E-state index contributed by atoms with van der Waals surface area (Å²) in [6, 6.07) is 23.7. The molecular weight excluding hydrogens is 613 g/mol. The second-order valence-electron chi connectivity index (χ2n) is 12.9. The van der Waals surface area contributed by atoms with Gasteiger partial charge in [-0.05, 0) is 71.9 Å². The number of para-hydroxylation sites is 2. The highest BCUT2D eigenvalue weighted by molar-refractivity contribution is 8.04. The molecule has 8 heteroatoms. The Balaban J connectivity index is 1.02. The van der Waals surface area contributed by atoms with Crippen LogP contribution in [0.4, 0.5) is 11.4 Å². The molecule has 0 spiro atoms. The molecule has 0 saturated heterocycles. The third kappa shape index (κ3) is 5.61. The summed E-state index contributed by atoms with van der Waals surface area (Å²) >= 11 is 3.28. The van der Waals surface area contributed by atoms with Crippen LogP contribution in [0.5, 0.6) is 0 Å². The first-order valence-electron chi connectivity index (χ1n) is 16.7. The van der Waals surface area contributed by atoms with Crippen LogP contribution in [0, 0.1) is 11.8 Å². The van der Waals surface area contributed by atoms with Crippen molar-refractivity contribution in [1.29, 1.82) is 0 Å². The molecule has 4 atom stereocenters. The van der Waals surface area contributed by atoms with Crippen LogP contribution in [-0.4, -0.2) is 37.5 Å². The molecule has 0 radical (unpaired) electrons. The molecule has 2 heterocycles. The van der Waals surface area contributed by atoms with Crippen molar-refractivity contribution in [3.8, 4) is 0 Å². The molecule has 0 amide bonds. The van der Waals surface area contributed by atoms with Crippen molar-refractivity contribution in [3.05, 3.63) is 106 Å². The molecule has 4 aliphatic rings. The van der Waals surface area contributed by atoms with Gasteiger partial charge in [-0.25, -0.2) is 0 Å². The van der Waals surface area contributed by atoms with E-state index in [2.05, 4.69) is 47.9 Å². The van der Waals surface area contributed by atoms with Crippen molar-refractivity contribution in [2.75, 3.05) is 22.9 Å². The summed E-state index contributed by atoms with van der Waals surface area (Å²) in [4.78, 5) is 6.81. The average molecular weight is 653 g/mol. The lowest BCUT2D eigenvalue weighted by atomic mass is 9.64. The number of benzene rings is 3. The van der Waals surface area contributed by atoms with Gasteiger partial charge in [0.2, 0.25) is 0 Å². The maximum absolute atomic E-state index is 13.4. The van der Waals surface area contributed by atoms with Crippen molar-refractivity contribution >= 4 is 34.9 Å². The highest BCUT2D eigenvalue weighted by atomic mass is 32.2. The number of hydrogen-bond donors (Lipinski definition) is 0. The van der Waals surface area contributed by atoms with E-state index in [0.29, 0.717) is 11.1 Å². The summed E-state index contributed by atoms with van der Waals surface area (Å²) in [5.74, 6) is -2.43. The van der Waals surface area contributed by atoms with E-state index in [1.807, 2.05) is 36.4 Å². The first-order chi connectivity index (χ1) is 22.4. The largest absolute Gasteiger partial charge is 0.851 e. The fraction of sp³-hybridized carbons (Fsp3) is 0.421. The van der Waals surface area contributed by atoms with Crippen LogP contribution in [0.1, 0.15) is 62.5 Å². The molecule has 3 aromatic carbocycles. The molecule has 7 rings (SSSR count). The Morgan fingerprint density at radius 2 is 0.935 bits per heavy atom. The third-order valence-corrected chi connectivity index (χ3v) is 12.3. The zero-order valence-electron chi connectivity index (χ0n) is 26.3. The Hall–Kier alpha value is -2.72. The zero-order chi connectivity index (χ0) is 31.9. The fourth-order valence-electron chi connectivity index (χ4n) is 7.27. The van der Waals surface area contributed by atoms with Gasteiger partial charge in [0.05, 0.1) is 21.4 Å². The van der Waals surface area contributed by atoms with Gasteiger partial charge in [0, 0.05) is 22.9 Å². The van der Waals surface area contributed by atoms with Crippen LogP contribution in [0.2, 0.25) is 0 Å². The van der Waals surface area contributed by atoms with Crippen LogP contribution < -0.4 is 30.2 Å². The number of fused-ring (bicyclic) bond motifs is 2. The highest BCUT2D eigenvalue weighted by Gasteiger charge is 2.40. The summed E-state index contributed by atoms with van der Waals surface area (Å²) in [6.07, 6.45) is 3.92. The lowest BCUT2D eigenvalue weighted by Gasteiger charge is -2.61. The van der Waals surface area contributed by atoms with E-state index in [-0.39, 0.29) is 0 Å². The van der Waals surface area contributed by atoms with Gasteiger partial charge in [-0.3, -0.25) is 0 Å². The van der Waals surface area contributed by atoms with Crippen molar-refractivity contribution in [1.82, 2.24) is 0 Å². The number of hydrogen-bond acceptors (Lipinski definition) is 8. The maximum atomic E-state index is 13.4. The molecular formula is C38H40N2O4S2-4. The van der Waals surface area contributed by atoms with Crippen LogP contribution in [0.3, 0.4) is 0 Å². The standard InChI is InChI=1S/C38H40N2O4S2/c1-3-5-19-39-27-11-7-9-13-29(27)45-31(39)21-25-35(41)33(36(25)42)23-15-17-24(18-16-23)34-37(43)26(38(34)44)22-32-40(20-6-4-2)28-12-8-10-14-30(28)46-32/h7-18,21-22,25-26,33-38H,3-6,19-20H2,1-2H3/q-4. The molecule has 4 unspecified atom stereocenters. The SMILES string of the molecule is CCCCN1C(=CC2C([O-])C(c3ccc(C4C([O-])C(C=C5Sc6ccccc6N5CCCC)C4[O-])cc3)C2[O-])Sc2ccccc21. The van der Waals surface area contributed by atoms with E-state index in [4.69, 9.17) is 0 Å². The Labute approximate surface area is 280 Å². The first kappa shape index (κ1) is 31.9. The van der Waals surface area contributed by atoms with Crippen molar-refractivity contribution in [2.24, 2.45) is 11.8 Å². The van der Waals surface area contributed by atoms with E-state index >= 15 is 0 Å². The third-order valence-electron chi connectivity index (χ3n) is 10.1. The summed E-state index contributed by atoms with van der Waals surface area (Å²) in [5.41, 5.74) is 3.70. The lowest BCUT2D eigenvalue weighted by molar-refractivity contribution is -0.544. The van der Waals surface area contributed by atoms with Crippen LogP contribution in [0.25, 0.3) is 0 Å². The molecule has 2 fully saturated rings. The Morgan fingerprint density at radius 1 is 0.565 bits per heavy atom. The van der Waals surface area contributed by atoms with Crippen LogP contribution in [-0.2, 0) is 0 Å². The minimum Gasteiger partial charge on any atom is -0.851 e. The molecule has 2 saturated carbocycles. The number of thioether (sulfide) groups is 2. The van der Waals surface area contributed by atoms with Gasteiger partial charge in [-0.2, -0.15) is 0 Å². The van der Waals surface area contributed by atoms with E-state index in [9.17, 15) is 20.4 Å². The van der Waals surface area contributed by atoms with Gasteiger partial charge in [0.25, 0.3) is 0 Å². The molecule has 2 aliphatic heterocycles. The van der Waals surface area contributed by atoms with Crippen LogP contribution >= 0.6 is 23.5 Å². The van der Waals surface area contributed by atoms with E-state index in [1.54, 1.807) is 47.8 Å². The summed E-state index contributed by atoms with van der Waals surface area (Å²) in [5, 5.41) is 55.7. The highest BCUT2D eigenvalue weighted by Crippen LogP contribution is 2.51. The molecule has 0 aromatic heterocycles. The monoisotopic (exact) mass is 652 g/mol. The van der Waals surface area contributed by atoms with Crippen molar-refractivity contribution < 1.29 is 20.4 Å². The van der Waals surface area contributed by atoms with Crippen molar-refractivity contribution in [2.45, 2.75) is 85.6 Å². The van der Waals surface area contributed by atoms with Gasteiger partial charge in [0.15, 0.2) is 0 Å². The van der Waals surface area contributed by atoms with E-state index in [1.165, 1.54) is 0 Å². The van der Waals surface area contributed by atoms with Gasteiger partial charge in [-0.15, -0.1) is 24.4 Å². The predicted octanol–water partition coefficient (Wildman–Crippen LogP) is 4.54. The molecule has 3 aromatic rings. The van der Waals surface area contributed by atoms with Gasteiger partial charge >= 0.3 is 0 Å². The lowest BCUT2D eigenvalue weighted by Crippen LogP contribution is -2.65. The van der Waals surface area contributed by atoms with Gasteiger partial charge in [0.1, 0.15) is 0 Å². The number of rotatable bonds is 10. The smallest absolute Gasteiger partial charge is 0.0762 e. The van der Waals surface area contributed by atoms with Crippen molar-refractivity contribution in [3.63, 3.8) is 0 Å². The average Bonchev–Trinajstić information content (AvgIpc) is 3.62. The summed E-state index contributed by atoms with van der Waals surface area (Å²) in [7, 11) is 0. The Kier molecular flexibility index (Phi) is 9.29. The zero-order valence-corrected chi connectivity index (χ0v) is 27.9. The molecule has 46 heavy (non-hydrogen) atoms. The molecule has 6 nitrogen and oxygen atoms in total. The Bertz CT molecular complexity index is 1470. The van der Waals surface area contributed by atoms with E-state index in [0.717, 1.165) is 70.0 Å². The molecule has 0 N–H and O–H groups in total. The minimum absolute atomic E-state index is 0.584. The topological polar surface area (TPSA) is 98.7 Å². The normalized spacial score (nSPS) is 31.6. The van der Waals surface area contributed by atoms with Gasteiger partial charge < -0.3 is 30.2 Å². The molecule has 242 valence electrons. The van der Waals surface area contributed by atoms with Gasteiger partial charge in [-0.1, -0.05) is 111 Å².